The molecule has 2 atom stereocenters. The van der Waals surface area contributed by atoms with Crippen LogP contribution in [-0.2, 0) is 9.53 Å². The lowest BCUT2D eigenvalue weighted by Gasteiger charge is -2.12. The standard InChI is InChI=1S/C10H14O3/c1-2-3-4-5-8(11)9-6-7-10(12)13-9/h2-5,8-9,11H,6-7H2,1H3/b3-2+,5-4-/t8-,9-/m0/s1. The first-order valence-corrected chi connectivity index (χ1v) is 4.41. The minimum absolute atomic E-state index is 0.219. The number of carbonyl (C=O) groups is 1. The van der Waals surface area contributed by atoms with E-state index >= 15 is 0 Å². The molecule has 0 bridgehead atoms. The van der Waals surface area contributed by atoms with Crippen LogP contribution in [0.3, 0.4) is 0 Å². The van der Waals surface area contributed by atoms with Crippen molar-refractivity contribution in [3.05, 3.63) is 24.3 Å². The third kappa shape index (κ3) is 3.03. The number of aliphatic hydroxyl groups excluding tert-OH is 1. The molecule has 0 aliphatic carbocycles. The van der Waals surface area contributed by atoms with Crippen molar-refractivity contribution in [3.63, 3.8) is 0 Å². The van der Waals surface area contributed by atoms with E-state index in [0.717, 1.165) is 0 Å². The van der Waals surface area contributed by atoms with Gasteiger partial charge in [-0.1, -0.05) is 24.3 Å². The summed E-state index contributed by atoms with van der Waals surface area (Å²) >= 11 is 0. The summed E-state index contributed by atoms with van der Waals surface area (Å²) in [5, 5.41) is 9.50. The number of cyclic esters (lactones) is 1. The molecule has 0 aromatic carbocycles. The van der Waals surface area contributed by atoms with E-state index in [9.17, 15) is 9.90 Å². The summed E-state index contributed by atoms with van der Waals surface area (Å²) < 4.78 is 4.89. The van der Waals surface area contributed by atoms with E-state index in [0.29, 0.717) is 12.8 Å². The van der Waals surface area contributed by atoms with Crippen LogP contribution in [0.25, 0.3) is 0 Å². The highest BCUT2D eigenvalue weighted by Crippen LogP contribution is 2.17. The zero-order valence-corrected chi connectivity index (χ0v) is 7.64. The van der Waals surface area contributed by atoms with Gasteiger partial charge in [0.2, 0.25) is 0 Å². The van der Waals surface area contributed by atoms with Crippen molar-refractivity contribution in [1.82, 2.24) is 0 Å². The minimum Gasteiger partial charge on any atom is -0.459 e. The number of hydrogen-bond acceptors (Lipinski definition) is 3. The first-order valence-electron chi connectivity index (χ1n) is 4.41. The molecular formula is C10H14O3. The van der Waals surface area contributed by atoms with Crippen molar-refractivity contribution in [1.29, 1.82) is 0 Å². The molecule has 0 saturated carbocycles. The van der Waals surface area contributed by atoms with E-state index in [1.165, 1.54) is 0 Å². The third-order valence-corrected chi connectivity index (χ3v) is 1.91. The SMILES string of the molecule is C/C=C/C=C\[C@H](O)[C@@H]1CCC(=O)O1. The summed E-state index contributed by atoms with van der Waals surface area (Å²) in [5.74, 6) is -0.219. The number of aliphatic hydroxyl groups is 1. The van der Waals surface area contributed by atoms with Gasteiger partial charge >= 0.3 is 5.97 Å². The molecule has 72 valence electrons. The molecule has 1 fully saturated rings. The van der Waals surface area contributed by atoms with Crippen molar-refractivity contribution < 1.29 is 14.6 Å². The highest BCUT2D eigenvalue weighted by atomic mass is 16.6. The van der Waals surface area contributed by atoms with Gasteiger partial charge in [0.05, 0.1) is 0 Å². The Morgan fingerprint density at radius 1 is 1.62 bits per heavy atom. The second kappa shape index (κ2) is 4.82. The smallest absolute Gasteiger partial charge is 0.306 e. The van der Waals surface area contributed by atoms with Crippen molar-refractivity contribution in [2.45, 2.75) is 32.0 Å². The highest BCUT2D eigenvalue weighted by molar-refractivity contribution is 5.71. The van der Waals surface area contributed by atoms with Crippen molar-refractivity contribution >= 4 is 5.97 Å². The molecule has 3 heteroatoms. The van der Waals surface area contributed by atoms with Crippen molar-refractivity contribution in [3.8, 4) is 0 Å². The van der Waals surface area contributed by atoms with Gasteiger partial charge in [0.25, 0.3) is 0 Å². The van der Waals surface area contributed by atoms with Crippen LogP contribution in [0.5, 0.6) is 0 Å². The Labute approximate surface area is 77.7 Å². The van der Waals surface area contributed by atoms with Crippen molar-refractivity contribution in [2.75, 3.05) is 0 Å². The van der Waals surface area contributed by atoms with Crippen LogP contribution in [0, 0.1) is 0 Å². The number of hydrogen-bond donors (Lipinski definition) is 1. The van der Waals surface area contributed by atoms with E-state index in [4.69, 9.17) is 4.74 Å². The van der Waals surface area contributed by atoms with E-state index in [2.05, 4.69) is 0 Å². The highest BCUT2D eigenvalue weighted by Gasteiger charge is 2.27. The average Bonchev–Trinajstić information content (AvgIpc) is 2.52. The number of rotatable bonds is 3. The first-order chi connectivity index (χ1) is 6.24. The Bertz CT molecular complexity index is 230. The molecule has 0 aromatic rings. The Hall–Kier alpha value is -1.09. The van der Waals surface area contributed by atoms with Crippen LogP contribution in [0.2, 0.25) is 0 Å². The summed E-state index contributed by atoms with van der Waals surface area (Å²) in [6, 6.07) is 0. The molecule has 1 aliphatic heterocycles. The fourth-order valence-corrected chi connectivity index (χ4v) is 1.20. The van der Waals surface area contributed by atoms with Gasteiger partial charge in [-0.15, -0.1) is 0 Å². The minimum atomic E-state index is -0.678. The average molecular weight is 182 g/mol. The number of allylic oxidation sites excluding steroid dienone is 3. The zero-order chi connectivity index (χ0) is 9.68. The quantitative estimate of drug-likeness (QED) is 0.526. The van der Waals surface area contributed by atoms with Crippen molar-refractivity contribution in [2.24, 2.45) is 0 Å². The molecular weight excluding hydrogens is 168 g/mol. The first kappa shape index (κ1) is 9.99. The molecule has 0 radical (unpaired) electrons. The molecule has 1 saturated heterocycles. The van der Waals surface area contributed by atoms with Crippen LogP contribution < -0.4 is 0 Å². The molecule has 0 aromatic heterocycles. The predicted molar refractivity (Wildman–Crippen MR) is 49.1 cm³/mol. The predicted octanol–water partition coefficient (Wildman–Crippen LogP) is 1.19. The van der Waals surface area contributed by atoms with Gasteiger partial charge in [-0.3, -0.25) is 4.79 Å². The third-order valence-electron chi connectivity index (χ3n) is 1.91. The van der Waals surface area contributed by atoms with Gasteiger partial charge in [-0.2, -0.15) is 0 Å². The lowest BCUT2D eigenvalue weighted by Crippen LogP contribution is -2.23. The van der Waals surface area contributed by atoms with E-state index in [1.54, 1.807) is 12.2 Å². The Morgan fingerprint density at radius 2 is 2.38 bits per heavy atom. The van der Waals surface area contributed by atoms with Gasteiger partial charge in [-0.05, 0) is 13.3 Å². The molecule has 1 rings (SSSR count). The molecule has 0 amide bonds. The molecule has 1 N–H and O–H groups in total. The normalized spacial score (nSPS) is 25.7. The van der Waals surface area contributed by atoms with Gasteiger partial charge in [-0.25, -0.2) is 0 Å². The monoisotopic (exact) mass is 182 g/mol. The molecule has 13 heavy (non-hydrogen) atoms. The summed E-state index contributed by atoms with van der Waals surface area (Å²) in [4.78, 5) is 10.7. The van der Waals surface area contributed by atoms with Gasteiger partial charge in [0.15, 0.2) is 0 Å². The van der Waals surface area contributed by atoms with Crippen LogP contribution in [0.4, 0.5) is 0 Å². The molecule has 1 aliphatic rings. The fourth-order valence-electron chi connectivity index (χ4n) is 1.20. The topological polar surface area (TPSA) is 46.5 Å². The molecule has 0 unspecified atom stereocenters. The Morgan fingerprint density at radius 3 is 2.92 bits per heavy atom. The molecule has 3 nitrogen and oxygen atoms in total. The lowest BCUT2D eigenvalue weighted by atomic mass is 10.1. The fraction of sp³-hybridized carbons (Fsp3) is 0.500. The zero-order valence-electron chi connectivity index (χ0n) is 7.64. The number of ether oxygens (including phenoxy) is 1. The van der Waals surface area contributed by atoms with E-state index in [1.807, 2.05) is 19.1 Å². The Kier molecular flexibility index (Phi) is 3.71. The lowest BCUT2D eigenvalue weighted by molar-refractivity contribution is -0.144. The van der Waals surface area contributed by atoms with Gasteiger partial charge in [0.1, 0.15) is 12.2 Å². The maximum Gasteiger partial charge on any atom is 0.306 e. The summed E-state index contributed by atoms with van der Waals surface area (Å²) in [6.45, 7) is 1.90. The molecule has 0 spiro atoms. The second-order valence-electron chi connectivity index (χ2n) is 2.97. The summed E-state index contributed by atoms with van der Waals surface area (Å²) in [7, 11) is 0. The largest absolute Gasteiger partial charge is 0.459 e. The van der Waals surface area contributed by atoms with Crippen LogP contribution >= 0.6 is 0 Å². The van der Waals surface area contributed by atoms with Gasteiger partial charge in [0, 0.05) is 6.42 Å². The number of carbonyl (C=O) groups excluding carboxylic acids is 1. The van der Waals surface area contributed by atoms with E-state index < -0.39 is 6.10 Å². The molecule has 1 heterocycles. The maximum atomic E-state index is 10.7. The Balaban J connectivity index is 2.39. The van der Waals surface area contributed by atoms with Crippen LogP contribution in [0.15, 0.2) is 24.3 Å². The number of esters is 1. The maximum absolute atomic E-state index is 10.7. The van der Waals surface area contributed by atoms with Crippen LogP contribution in [-0.4, -0.2) is 23.3 Å². The van der Waals surface area contributed by atoms with Gasteiger partial charge < -0.3 is 9.84 Å². The second-order valence-corrected chi connectivity index (χ2v) is 2.97. The summed E-state index contributed by atoms with van der Waals surface area (Å²) in [5.41, 5.74) is 0. The summed E-state index contributed by atoms with van der Waals surface area (Å²) in [6.07, 6.45) is 7.06. The van der Waals surface area contributed by atoms with Crippen LogP contribution in [0.1, 0.15) is 19.8 Å². The van der Waals surface area contributed by atoms with E-state index in [-0.39, 0.29) is 12.1 Å².